The van der Waals surface area contributed by atoms with Crippen LogP contribution in [-0.2, 0) is 9.53 Å². The molecule has 5 rings (SSSR count). The first-order chi connectivity index (χ1) is 17.4. The van der Waals surface area contributed by atoms with Gasteiger partial charge in [-0.05, 0) is 17.7 Å². The summed E-state index contributed by atoms with van der Waals surface area (Å²) in [5.74, 6) is -3.80. The zero-order valence-corrected chi connectivity index (χ0v) is 19.0. The van der Waals surface area contributed by atoms with Crippen LogP contribution in [0, 0.1) is 0 Å². The van der Waals surface area contributed by atoms with Crippen LogP contribution < -0.4 is 5.43 Å². The molecule has 2 heterocycles. The van der Waals surface area contributed by atoms with Gasteiger partial charge in [-0.1, -0.05) is 36.4 Å². The Bertz CT molecular complexity index is 1680. The van der Waals surface area contributed by atoms with Crippen LogP contribution in [-0.4, -0.2) is 38.4 Å². The van der Waals surface area contributed by atoms with E-state index < -0.39 is 34.6 Å². The van der Waals surface area contributed by atoms with Crippen molar-refractivity contribution in [3.63, 3.8) is 0 Å². The molecule has 5 aromatic rings. The van der Waals surface area contributed by atoms with Crippen LogP contribution in [0.25, 0.3) is 33.3 Å². The summed E-state index contributed by atoms with van der Waals surface area (Å²) in [4.78, 5) is 34.1. The number of nitrogens with zero attached hydrogens (tertiary/aromatic N) is 2. The Hall–Kier alpha value is -4.92. The Morgan fingerprint density at radius 3 is 2.39 bits per heavy atom. The fourth-order valence-corrected chi connectivity index (χ4v) is 4.27. The van der Waals surface area contributed by atoms with Crippen LogP contribution in [0.2, 0.25) is 0 Å². The molecule has 9 nitrogen and oxygen atoms in total. The summed E-state index contributed by atoms with van der Waals surface area (Å²) in [6.07, 6.45) is 2.80. The SMILES string of the molecule is COC(=O)CC(c1ccc2nccnc2c1)c1c(O)c(O)c(O)c2c(=O)cc(-c3ccccc3)oc12. The van der Waals surface area contributed by atoms with Crippen molar-refractivity contribution in [1.82, 2.24) is 9.97 Å². The number of benzene rings is 3. The van der Waals surface area contributed by atoms with Gasteiger partial charge in [0.15, 0.2) is 16.9 Å². The Morgan fingerprint density at radius 1 is 0.944 bits per heavy atom. The number of aromatic hydroxyl groups is 3. The molecule has 3 N–H and O–H groups in total. The number of phenols is 3. The summed E-state index contributed by atoms with van der Waals surface area (Å²) < 4.78 is 11.0. The number of fused-ring (bicyclic) bond motifs is 2. The van der Waals surface area contributed by atoms with Gasteiger partial charge in [-0.25, -0.2) is 0 Å². The van der Waals surface area contributed by atoms with Gasteiger partial charge in [0, 0.05) is 35.5 Å². The maximum absolute atomic E-state index is 13.1. The number of hydrogen-bond donors (Lipinski definition) is 3. The molecule has 0 saturated heterocycles. The van der Waals surface area contributed by atoms with Crippen molar-refractivity contribution in [2.75, 3.05) is 7.11 Å². The molecule has 0 aliphatic carbocycles. The lowest BCUT2D eigenvalue weighted by atomic mass is 9.86. The van der Waals surface area contributed by atoms with E-state index in [-0.39, 0.29) is 28.7 Å². The highest BCUT2D eigenvalue weighted by Crippen LogP contribution is 2.49. The average molecular weight is 484 g/mol. The standard InChI is InChI=1S/C27H20N2O7/c1-35-21(31)12-16(15-7-8-17-18(11-15)29-10-9-28-17)22-24(32)26(34)25(33)23-19(30)13-20(36-27(22)23)14-5-3-2-4-6-14/h2-11,13,16,32-34H,12H2,1H3. The Kier molecular flexibility index (Phi) is 5.73. The lowest BCUT2D eigenvalue weighted by Gasteiger charge is -2.21. The van der Waals surface area contributed by atoms with Crippen LogP contribution in [0.1, 0.15) is 23.5 Å². The van der Waals surface area contributed by atoms with Crippen molar-refractivity contribution in [2.24, 2.45) is 0 Å². The molecule has 0 radical (unpaired) electrons. The molecule has 0 bridgehead atoms. The number of methoxy groups -OCH3 is 1. The first kappa shape index (κ1) is 22.9. The van der Waals surface area contributed by atoms with Gasteiger partial charge in [0.05, 0.1) is 24.6 Å². The molecule has 1 atom stereocenters. The fourth-order valence-electron chi connectivity index (χ4n) is 4.27. The minimum absolute atomic E-state index is 0.0520. The van der Waals surface area contributed by atoms with E-state index in [9.17, 15) is 24.9 Å². The van der Waals surface area contributed by atoms with E-state index in [1.165, 1.54) is 19.4 Å². The van der Waals surface area contributed by atoms with Crippen molar-refractivity contribution in [3.05, 3.63) is 88.3 Å². The van der Waals surface area contributed by atoms with Crippen LogP contribution in [0.15, 0.2) is 76.2 Å². The summed E-state index contributed by atoms with van der Waals surface area (Å²) in [6, 6.07) is 15.1. The fraction of sp³-hybridized carbons (Fsp3) is 0.111. The maximum atomic E-state index is 13.1. The highest BCUT2D eigenvalue weighted by molar-refractivity contribution is 5.94. The smallest absolute Gasteiger partial charge is 0.306 e. The van der Waals surface area contributed by atoms with E-state index in [0.717, 1.165) is 0 Å². The summed E-state index contributed by atoms with van der Waals surface area (Å²) >= 11 is 0. The van der Waals surface area contributed by atoms with Crippen molar-refractivity contribution < 1.29 is 29.3 Å². The molecule has 180 valence electrons. The van der Waals surface area contributed by atoms with Gasteiger partial charge in [-0.3, -0.25) is 19.6 Å². The molecule has 0 aliphatic rings. The van der Waals surface area contributed by atoms with Crippen molar-refractivity contribution in [2.45, 2.75) is 12.3 Å². The van der Waals surface area contributed by atoms with E-state index in [0.29, 0.717) is 22.2 Å². The third-order valence-corrected chi connectivity index (χ3v) is 6.03. The zero-order chi connectivity index (χ0) is 25.4. The molecule has 0 fully saturated rings. The van der Waals surface area contributed by atoms with Gasteiger partial charge in [-0.15, -0.1) is 0 Å². The lowest BCUT2D eigenvalue weighted by Crippen LogP contribution is -2.12. The quantitative estimate of drug-likeness (QED) is 0.247. The van der Waals surface area contributed by atoms with E-state index in [1.54, 1.807) is 54.7 Å². The number of esters is 1. The molecule has 1 unspecified atom stereocenters. The van der Waals surface area contributed by atoms with E-state index >= 15 is 0 Å². The second kappa shape index (κ2) is 9.03. The predicted octanol–water partition coefficient (Wildman–Crippen LogP) is 4.22. The number of ether oxygens (including phenoxy) is 1. The molecule has 36 heavy (non-hydrogen) atoms. The first-order valence-electron chi connectivity index (χ1n) is 11.0. The normalized spacial score (nSPS) is 12.0. The largest absolute Gasteiger partial charge is 0.504 e. The minimum atomic E-state index is -0.938. The predicted molar refractivity (Wildman–Crippen MR) is 131 cm³/mol. The zero-order valence-electron chi connectivity index (χ0n) is 19.0. The molecular weight excluding hydrogens is 464 g/mol. The van der Waals surface area contributed by atoms with E-state index in [4.69, 9.17) is 9.15 Å². The summed E-state index contributed by atoms with van der Waals surface area (Å²) in [7, 11) is 1.23. The highest BCUT2D eigenvalue weighted by atomic mass is 16.5. The van der Waals surface area contributed by atoms with Gasteiger partial charge >= 0.3 is 5.97 Å². The molecule has 0 amide bonds. The van der Waals surface area contributed by atoms with Gasteiger partial charge in [0.25, 0.3) is 0 Å². The number of phenolic OH excluding ortho intramolecular Hbond substituents is 3. The minimum Gasteiger partial charge on any atom is -0.504 e. The molecule has 0 spiro atoms. The van der Waals surface area contributed by atoms with Gasteiger partial charge in [-0.2, -0.15) is 0 Å². The van der Waals surface area contributed by atoms with E-state index in [2.05, 4.69) is 9.97 Å². The summed E-state index contributed by atoms with van der Waals surface area (Å²) in [5, 5.41) is 31.8. The van der Waals surface area contributed by atoms with Gasteiger partial charge in [0.2, 0.25) is 5.75 Å². The second-order valence-electron chi connectivity index (χ2n) is 8.14. The van der Waals surface area contributed by atoms with Crippen LogP contribution >= 0.6 is 0 Å². The maximum Gasteiger partial charge on any atom is 0.306 e. The second-order valence-corrected chi connectivity index (χ2v) is 8.14. The number of aromatic nitrogens is 2. The van der Waals surface area contributed by atoms with Gasteiger partial charge in [0.1, 0.15) is 16.7 Å². The molecule has 2 aromatic heterocycles. The summed E-state index contributed by atoms with van der Waals surface area (Å²) in [5.41, 5.74) is 1.39. The van der Waals surface area contributed by atoms with Crippen LogP contribution in [0.4, 0.5) is 0 Å². The van der Waals surface area contributed by atoms with Crippen molar-refractivity contribution in [3.8, 4) is 28.6 Å². The third-order valence-electron chi connectivity index (χ3n) is 6.03. The average Bonchev–Trinajstić information content (AvgIpc) is 2.91. The number of carbonyl (C=O) groups excluding carboxylic acids is 1. The highest BCUT2D eigenvalue weighted by Gasteiger charge is 2.31. The molecular formula is C27H20N2O7. The van der Waals surface area contributed by atoms with Crippen LogP contribution in [0.5, 0.6) is 17.2 Å². The third kappa shape index (κ3) is 3.86. The van der Waals surface area contributed by atoms with Gasteiger partial charge < -0.3 is 24.5 Å². The monoisotopic (exact) mass is 484 g/mol. The Balaban J connectivity index is 1.85. The first-order valence-corrected chi connectivity index (χ1v) is 11.0. The topological polar surface area (TPSA) is 143 Å². The van der Waals surface area contributed by atoms with Crippen molar-refractivity contribution >= 4 is 28.0 Å². The number of carbonyl (C=O) groups is 1. The van der Waals surface area contributed by atoms with Crippen molar-refractivity contribution in [1.29, 1.82) is 0 Å². The van der Waals surface area contributed by atoms with Crippen LogP contribution in [0.3, 0.4) is 0 Å². The molecule has 0 saturated carbocycles. The molecule has 9 heteroatoms. The Labute approximate surface area is 203 Å². The van der Waals surface area contributed by atoms with E-state index in [1.807, 2.05) is 0 Å². The summed E-state index contributed by atoms with van der Waals surface area (Å²) in [6.45, 7) is 0. The molecule has 3 aromatic carbocycles. The number of hydrogen-bond acceptors (Lipinski definition) is 9. The Morgan fingerprint density at radius 2 is 1.67 bits per heavy atom. The number of rotatable bonds is 5. The molecule has 0 aliphatic heterocycles. The lowest BCUT2D eigenvalue weighted by molar-refractivity contribution is -0.140.